The van der Waals surface area contributed by atoms with Gasteiger partial charge in [0.25, 0.3) is 0 Å². The van der Waals surface area contributed by atoms with Crippen LogP contribution in [0.1, 0.15) is 31.9 Å². The van der Waals surface area contributed by atoms with Crippen LogP contribution in [-0.4, -0.2) is 44.9 Å². The van der Waals surface area contributed by atoms with Gasteiger partial charge in [0.15, 0.2) is 0 Å². The summed E-state index contributed by atoms with van der Waals surface area (Å²) in [5, 5.41) is 15.9. The van der Waals surface area contributed by atoms with E-state index in [9.17, 15) is 9.59 Å². The van der Waals surface area contributed by atoms with Crippen LogP contribution in [0, 0.1) is 5.92 Å². The maximum absolute atomic E-state index is 12.2. The van der Waals surface area contributed by atoms with Gasteiger partial charge >= 0.3 is 12.0 Å². The van der Waals surface area contributed by atoms with Crippen molar-refractivity contribution in [3.63, 3.8) is 0 Å². The van der Waals surface area contributed by atoms with E-state index in [1.54, 1.807) is 15.8 Å². The Morgan fingerprint density at radius 3 is 2.95 bits per heavy atom. The zero-order valence-corrected chi connectivity index (χ0v) is 12.5. The van der Waals surface area contributed by atoms with Crippen molar-refractivity contribution in [3.8, 4) is 0 Å². The van der Waals surface area contributed by atoms with E-state index < -0.39 is 5.97 Å². The van der Waals surface area contributed by atoms with Crippen LogP contribution in [0.2, 0.25) is 0 Å². The quantitative estimate of drug-likeness (QED) is 0.865. The minimum absolute atomic E-state index is 0.129. The van der Waals surface area contributed by atoms with Gasteiger partial charge in [-0.05, 0) is 25.2 Å². The molecular formula is C14H22N4O3. The fourth-order valence-electron chi connectivity index (χ4n) is 2.67. The number of anilines is 1. The van der Waals surface area contributed by atoms with Crippen LogP contribution in [0.3, 0.4) is 0 Å². The number of urea groups is 1. The summed E-state index contributed by atoms with van der Waals surface area (Å²) < 4.78 is 1.69. The SMILES string of the molecule is CCc1nn(C)cc1NC(=O)N1CCC(CCC(=O)O)C1. The Hall–Kier alpha value is -2.05. The van der Waals surface area contributed by atoms with E-state index in [4.69, 9.17) is 5.11 Å². The van der Waals surface area contributed by atoms with Crippen molar-refractivity contribution in [1.29, 1.82) is 0 Å². The van der Waals surface area contributed by atoms with Gasteiger partial charge in [-0.3, -0.25) is 9.48 Å². The third kappa shape index (κ3) is 3.96. The van der Waals surface area contributed by atoms with Crippen LogP contribution in [0.15, 0.2) is 6.20 Å². The van der Waals surface area contributed by atoms with E-state index in [0.29, 0.717) is 19.5 Å². The molecule has 1 fully saturated rings. The fraction of sp³-hybridized carbons (Fsp3) is 0.643. The maximum Gasteiger partial charge on any atom is 0.321 e. The number of carboxylic acids is 1. The van der Waals surface area contributed by atoms with Crippen molar-refractivity contribution in [2.45, 2.75) is 32.6 Å². The molecule has 2 rings (SSSR count). The van der Waals surface area contributed by atoms with Crippen LogP contribution >= 0.6 is 0 Å². The second-order valence-electron chi connectivity index (χ2n) is 5.48. The summed E-state index contributed by atoms with van der Waals surface area (Å²) in [4.78, 5) is 24.6. The third-order valence-electron chi connectivity index (χ3n) is 3.82. The van der Waals surface area contributed by atoms with Crippen molar-refractivity contribution in [2.75, 3.05) is 18.4 Å². The molecule has 0 aliphatic carbocycles. The summed E-state index contributed by atoms with van der Waals surface area (Å²) in [5.41, 5.74) is 1.62. The number of aromatic nitrogens is 2. The molecule has 0 spiro atoms. The number of carboxylic acid groups (broad SMARTS) is 1. The van der Waals surface area contributed by atoms with E-state index in [0.717, 1.165) is 24.2 Å². The highest BCUT2D eigenvalue weighted by Crippen LogP contribution is 2.22. The van der Waals surface area contributed by atoms with E-state index in [2.05, 4.69) is 10.4 Å². The highest BCUT2D eigenvalue weighted by Gasteiger charge is 2.27. The lowest BCUT2D eigenvalue weighted by molar-refractivity contribution is -0.137. The van der Waals surface area contributed by atoms with E-state index in [1.165, 1.54) is 0 Å². The first-order chi connectivity index (χ1) is 9.99. The first-order valence-corrected chi connectivity index (χ1v) is 7.29. The number of aliphatic carboxylic acids is 1. The van der Waals surface area contributed by atoms with Crippen molar-refractivity contribution in [1.82, 2.24) is 14.7 Å². The lowest BCUT2D eigenvalue weighted by atomic mass is 10.0. The first-order valence-electron chi connectivity index (χ1n) is 7.29. The Morgan fingerprint density at radius 2 is 2.29 bits per heavy atom. The molecule has 21 heavy (non-hydrogen) atoms. The van der Waals surface area contributed by atoms with Gasteiger partial charge in [-0.25, -0.2) is 4.79 Å². The summed E-state index contributed by atoms with van der Waals surface area (Å²) in [7, 11) is 1.83. The minimum atomic E-state index is -0.777. The van der Waals surface area contributed by atoms with Gasteiger partial charge < -0.3 is 15.3 Å². The van der Waals surface area contributed by atoms with E-state index in [1.807, 2.05) is 14.0 Å². The smallest absolute Gasteiger partial charge is 0.321 e. The molecule has 2 heterocycles. The number of nitrogens with zero attached hydrogens (tertiary/aromatic N) is 3. The summed E-state index contributed by atoms with van der Waals surface area (Å²) in [6, 6.07) is -0.129. The molecule has 1 aromatic heterocycles. The minimum Gasteiger partial charge on any atom is -0.481 e. The molecule has 1 saturated heterocycles. The van der Waals surface area contributed by atoms with E-state index >= 15 is 0 Å². The number of nitrogens with one attached hydrogen (secondary N) is 1. The Balaban J connectivity index is 1.88. The Bertz CT molecular complexity index is 526. The molecular weight excluding hydrogens is 272 g/mol. The molecule has 1 atom stereocenters. The van der Waals surface area contributed by atoms with Crippen LogP contribution in [-0.2, 0) is 18.3 Å². The van der Waals surface area contributed by atoms with Gasteiger partial charge in [-0.15, -0.1) is 0 Å². The largest absolute Gasteiger partial charge is 0.481 e. The molecule has 7 heteroatoms. The second-order valence-corrected chi connectivity index (χ2v) is 5.48. The number of aryl methyl sites for hydroxylation is 2. The number of hydrogen-bond acceptors (Lipinski definition) is 3. The average molecular weight is 294 g/mol. The molecule has 1 aliphatic rings. The molecule has 116 valence electrons. The second kappa shape index (κ2) is 6.60. The zero-order valence-electron chi connectivity index (χ0n) is 12.5. The summed E-state index contributed by atoms with van der Waals surface area (Å²) in [6.07, 6.45) is 4.23. The maximum atomic E-state index is 12.2. The summed E-state index contributed by atoms with van der Waals surface area (Å²) >= 11 is 0. The van der Waals surface area contributed by atoms with Gasteiger partial charge in [0.2, 0.25) is 0 Å². The molecule has 0 radical (unpaired) electrons. The van der Waals surface area contributed by atoms with Gasteiger partial charge in [0, 0.05) is 32.8 Å². The monoisotopic (exact) mass is 294 g/mol. The van der Waals surface area contributed by atoms with Crippen LogP contribution in [0.4, 0.5) is 10.5 Å². The Morgan fingerprint density at radius 1 is 1.52 bits per heavy atom. The molecule has 1 aliphatic heterocycles. The molecule has 1 unspecified atom stereocenters. The summed E-state index contributed by atoms with van der Waals surface area (Å²) in [6.45, 7) is 3.30. The number of carbonyl (C=O) groups is 2. The number of hydrogen-bond donors (Lipinski definition) is 2. The highest BCUT2D eigenvalue weighted by molar-refractivity contribution is 5.90. The highest BCUT2D eigenvalue weighted by atomic mass is 16.4. The van der Waals surface area contributed by atoms with Gasteiger partial charge in [-0.1, -0.05) is 6.92 Å². The van der Waals surface area contributed by atoms with Crippen LogP contribution in [0.5, 0.6) is 0 Å². The molecule has 2 N–H and O–H groups in total. The predicted molar refractivity (Wildman–Crippen MR) is 78.2 cm³/mol. The number of likely N-dealkylation sites (tertiary alicyclic amines) is 1. The Kier molecular flexibility index (Phi) is 4.82. The van der Waals surface area contributed by atoms with Crippen molar-refractivity contribution in [3.05, 3.63) is 11.9 Å². The molecule has 7 nitrogen and oxygen atoms in total. The predicted octanol–water partition coefficient (Wildman–Crippen LogP) is 1.70. The van der Waals surface area contributed by atoms with E-state index in [-0.39, 0.29) is 18.4 Å². The first kappa shape index (κ1) is 15.3. The number of amides is 2. The molecule has 0 bridgehead atoms. The Labute approximate surface area is 123 Å². The zero-order chi connectivity index (χ0) is 15.4. The van der Waals surface area contributed by atoms with Crippen LogP contribution < -0.4 is 5.32 Å². The molecule has 1 aromatic rings. The van der Waals surface area contributed by atoms with Crippen molar-refractivity contribution in [2.24, 2.45) is 13.0 Å². The van der Waals surface area contributed by atoms with Gasteiger partial charge in [0.1, 0.15) is 0 Å². The van der Waals surface area contributed by atoms with Crippen LogP contribution in [0.25, 0.3) is 0 Å². The topological polar surface area (TPSA) is 87.5 Å². The molecule has 2 amide bonds. The van der Waals surface area contributed by atoms with Gasteiger partial charge in [-0.2, -0.15) is 5.10 Å². The number of carbonyl (C=O) groups excluding carboxylic acids is 1. The lowest BCUT2D eigenvalue weighted by Gasteiger charge is -2.17. The van der Waals surface area contributed by atoms with Crippen molar-refractivity contribution >= 4 is 17.7 Å². The fourth-order valence-corrected chi connectivity index (χ4v) is 2.67. The number of rotatable bonds is 5. The normalized spacial score (nSPS) is 18.0. The average Bonchev–Trinajstić information content (AvgIpc) is 3.03. The van der Waals surface area contributed by atoms with Gasteiger partial charge in [0.05, 0.1) is 11.4 Å². The lowest BCUT2D eigenvalue weighted by Crippen LogP contribution is -2.33. The summed E-state index contributed by atoms with van der Waals surface area (Å²) in [5.74, 6) is -0.493. The standard InChI is InChI=1S/C14H22N4O3/c1-3-11-12(9-17(2)16-11)15-14(21)18-7-6-10(8-18)4-5-13(19)20/h9-10H,3-8H2,1-2H3,(H,15,21)(H,19,20). The molecule has 0 aromatic carbocycles. The van der Waals surface area contributed by atoms with Crippen molar-refractivity contribution < 1.29 is 14.7 Å². The molecule has 0 saturated carbocycles. The third-order valence-corrected chi connectivity index (χ3v) is 3.82.